The summed E-state index contributed by atoms with van der Waals surface area (Å²) in [7, 11) is 0. The van der Waals surface area contributed by atoms with Crippen molar-refractivity contribution in [1.29, 1.82) is 0 Å². The third kappa shape index (κ3) is 4.77. The smallest absolute Gasteiger partial charge is 0.262 e. The van der Waals surface area contributed by atoms with Gasteiger partial charge < -0.3 is 10.1 Å². The molecule has 0 saturated carbocycles. The van der Waals surface area contributed by atoms with Gasteiger partial charge in [0, 0.05) is 12.6 Å². The Morgan fingerprint density at radius 3 is 2.76 bits per heavy atom. The first-order valence-corrected chi connectivity index (χ1v) is 12.3. The Morgan fingerprint density at radius 1 is 1.18 bits per heavy atom. The van der Waals surface area contributed by atoms with Crippen LogP contribution in [0.15, 0.2) is 64.0 Å². The summed E-state index contributed by atoms with van der Waals surface area (Å²) in [5.74, 6) is -1.48. The highest BCUT2D eigenvalue weighted by atomic mass is 79.9. The molecule has 0 bridgehead atoms. The Balaban J connectivity index is 1.48. The Bertz CT molecular complexity index is 1690. The summed E-state index contributed by atoms with van der Waals surface area (Å²) in [4.78, 5) is 59.2. The molecule has 2 aromatic carbocycles. The number of hydrogen-bond acceptors (Lipinski definition) is 7. The molecule has 5 rings (SSSR count). The normalized spacial score (nSPS) is 15.3. The molecule has 0 spiro atoms. The first-order valence-electron chi connectivity index (χ1n) is 11.5. The fourth-order valence-electron chi connectivity index (χ4n) is 4.22. The van der Waals surface area contributed by atoms with Gasteiger partial charge in [-0.3, -0.25) is 29.1 Å². The lowest BCUT2D eigenvalue weighted by atomic mass is 10.1. The molecule has 1 unspecified atom stereocenters. The van der Waals surface area contributed by atoms with E-state index in [9.17, 15) is 23.6 Å². The van der Waals surface area contributed by atoms with E-state index in [0.29, 0.717) is 4.47 Å². The zero-order chi connectivity index (χ0) is 27.0. The molecule has 1 aliphatic heterocycles. The van der Waals surface area contributed by atoms with Crippen molar-refractivity contribution in [3.63, 3.8) is 0 Å². The van der Waals surface area contributed by atoms with E-state index >= 15 is 0 Å². The number of pyridine rings is 1. The van der Waals surface area contributed by atoms with Crippen LogP contribution >= 0.6 is 15.9 Å². The molecule has 10 nitrogen and oxygen atoms in total. The second kappa shape index (κ2) is 10.1. The zero-order valence-corrected chi connectivity index (χ0v) is 21.4. The van der Waals surface area contributed by atoms with E-state index in [1.165, 1.54) is 35.0 Å². The molecule has 1 fully saturated rings. The number of halogens is 2. The van der Waals surface area contributed by atoms with Crippen molar-refractivity contribution in [2.45, 2.75) is 25.8 Å². The number of benzene rings is 2. The van der Waals surface area contributed by atoms with E-state index in [1.54, 1.807) is 31.2 Å². The summed E-state index contributed by atoms with van der Waals surface area (Å²) >= 11 is 3.23. The van der Waals surface area contributed by atoms with Crippen molar-refractivity contribution < 1.29 is 23.5 Å². The first-order chi connectivity index (χ1) is 18.2. The zero-order valence-electron chi connectivity index (χ0n) is 19.8. The Labute approximate surface area is 223 Å². The molecule has 3 heterocycles. The molecular formula is C26H19BrFN5O5. The highest BCUT2D eigenvalue weighted by Gasteiger charge is 2.30. The van der Waals surface area contributed by atoms with Gasteiger partial charge in [-0.1, -0.05) is 6.07 Å². The van der Waals surface area contributed by atoms with Gasteiger partial charge in [0.1, 0.15) is 34.5 Å². The average molecular weight is 580 g/mol. The van der Waals surface area contributed by atoms with Crippen LogP contribution in [0.1, 0.15) is 35.1 Å². The van der Waals surface area contributed by atoms with Crippen LogP contribution in [0.3, 0.4) is 0 Å². The number of carbonyl (C=O) groups excluding carboxylic acids is 3. The van der Waals surface area contributed by atoms with Gasteiger partial charge in [0.25, 0.3) is 11.5 Å². The number of anilines is 1. The van der Waals surface area contributed by atoms with Crippen molar-refractivity contribution in [3.8, 4) is 11.6 Å². The standard InChI is InChI=1S/C26H19BrFN5O5/c1-13-30-22-15(26(37)33(13)19-8-10-21(34)32-24(19)36)4-2-6-18(22)31-23(35)16-5-3-11-29-25(16)38-20-9-7-14(28)12-17(20)27/h2-7,9,11-12,19H,8,10H2,1H3,(H,31,35)(H,32,34,36). The molecule has 2 aromatic heterocycles. The number of aryl methyl sites for hydroxylation is 1. The van der Waals surface area contributed by atoms with Gasteiger partial charge >= 0.3 is 0 Å². The number of nitrogens with one attached hydrogen (secondary N) is 2. The number of aromatic nitrogens is 3. The SMILES string of the molecule is Cc1nc2c(NC(=O)c3cccnc3Oc3ccc(F)cc3Br)cccc2c(=O)n1C1CCC(=O)NC1=O. The summed E-state index contributed by atoms with van der Waals surface area (Å²) in [5, 5.41) is 5.20. The number of imide groups is 1. The van der Waals surface area contributed by atoms with E-state index in [-0.39, 0.29) is 58.4 Å². The van der Waals surface area contributed by atoms with Crippen LogP contribution < -0.4 is 20.9 Å². The van der Waals surface area contributed by atoms with Crippen LogP contribution in [0.5, 0.6) is 11.6 Å². The number of amides is 3. The van der Waals surface area contributed by atoms with Crippen molar-refractivity contribution in [2.24, 2.45) is 0 Å². The second-order valence-corrected chi connectivity index (χ2v) is 9.34. The molecule has 12 heteroatoms. The molecule has 3 amide bonds. The highest BCUT2D eigenvalue weighted by molar-refractivity contribution is 9.10. The molecule has 0 aliphatic carbocycles. The summed E-state index contributed by atoms with van der Waals surface area (Å²) in [6.45, 7) is 1.58. The van der Waals surface area contributed by atoms with Crippen LogP contribution in [0, 0.1) is 12.7 Å². The van der Waals surface area contributed by atoms with Gasteiger partial charge in [0.05, 0.1) is 15.5 Å². The van der Waals surface area contributed by atoms with Crippen molar-refractivity contribution >= 4 is 50.2 Å². The minimum Gasteiger partial charge on any atom is -0.437 e. The number of fused-ring (bicyclic) bond motifs is 1. The minimum absolute atomic E-state index is 0.0121. The minimum atomic E-state index is -0.865. The largest absolute Gasteiger partial charge is 0.437 e. The van der Waals surface area contributed by atoms with Crippen molar-refractivity contribution in [2.75, 3.05) is 5.32 Å². The number of ether oxygens (including phenoxy) is 1. The van der Waals surface area contributed by atoms with E-state index in [0.717, 1.165) is 0 Å². The van der Waals surface area contributed by atoms with E-state index < -0.39 is 29.2 Å². The molecule has 0 radical (unpaired) electrons. The first kappa shape index (κ1) is 25.2. The number of hydrogen-bond donors (Lipinski definition) is 2. The lowest BCUT2D eigenvalue weighted by molar-refractivity contribution is -0.135. The maximum absolute atomic E-state index is 13.5. The predicted octanol–water partition coefficient (Wildman–Crippen LogP) is 4.02. The Morgan fingerprint density at radius 2 is 2.00 bits per heavy atom. The lowest BCUT2D eigenvalue weighted by Gasteiger charge is -2.24. The third-order valence-electron chi connectivity index (χ3n) is 5.99. The molecule has 2 N–H and O–H groups in total. The molecule has 1 aliphatic rings. The average Bonchev–Trinajstić information content (AvgIpc) is 2.88. The van der Waals surface area contributed by atoms with Crippen LogP contribution in [0.2, 0.25) is 0 Å². The topological polar surface area (TPSA) is 132 Å². The summed E-state index contributed by atoms with van der Waals surface area (Å²) in [6.07, 6.45) is 1.74. The summed E-state index contributed by atoms with van der Waals surface area (Å²) < 4.78 is 20.8. The Hall–Kier alpha value is -4.45. The molecule has 1 atom stereocenters. The van der Waals surface area contributed by atoms with Crippen molar-refractivity contribution in [1.82, 2.24) is 19.9 Å². The van der Waals surface area contributed by atoms with E-state index in [4.69, 9.17) is 4.74 Å². The third-order valence-corrected chi connectivity index (χ3v) is 6.61. The van der Waals surface area contributed by atoms with Crippen LogP contribution in [-0.2, 0) is 9.59 Å². The molecule has 1 saturated heterocycles. The van der Waals surface area contributed by atoms with Gasteiger partial charge in [0.2, 0.25) is 17.7 Å². The monoisotopic (exact) mass is 579 g/mol. The molecule has 192 valence electrons. The van der Waals surface area contributed by atoms with Crippen molar-refractivity contribution in [3.05, 3.63) is 86.8 Å². The van der Waals surface area contributed by atoms with E-state index in [1.807, 2.05) is 0 Å². The fraction of sp³-hybridized carbons (Fsp3) is 0.154. The van der Waals surface area contributed by atoms with Crippen LogP contribution in [-0.4, -0.2) is 32.3 Å². The molecular weight excluding hydrogens is 561 g/mol. The number of carbonyl (C=O) groups is 3. The maximum atomic E-state index is 13.5. The quantitative estimate of drug-likeness (QED) is 0.341. The summed E-state index contributed by atoms with van der Waals surface area (Å²) in [6, 6.07) is 10.8. The number of rotatable bonds is 5. The Kier molecular flexibility index (Phi) is 6.72. The van der Waals surface area contributed by atoms with Gasteiger partial charge in [0.15, 0.2) is 0 Å². The maximum Gasteiger partial charge on any atom is 0.262 e. The number of nitrogens with zero attached hydrogens (tertiary/aromatic N) is 3. The van der Waals surface area contributed by atoms with Crippen LogP contribution in [0.4, 0.5) is 10.1 Å². The predicted molar refractivity (Wildman–Crippen MR) is 139 cm³/mol. The molecule has 4 aromatic rings. The van der Waals surface area contributed by atoms with Gasteiger partial charge in [-0.25, -0.2) is 14.4 Å². The number of piperidine rings is 1. The number of para-hydroxylation sites is 1. The highest BCUT2D eigenvalue weighted by Crippen LogP contribution is 2.31. The fourth-order valence-corrected chi connectivity index (χ4v) is 4.65. The second-order valence-electron chi connectivity index (χ2n) is 8.49. The lowest BCUT2D eigenvalue weighted by Crippen LogP contribution is -2.45. The van der Waals surface area contributed by atoms with E-state index in [2.05, 4.69) is 36.5 Å². The van der Waals surface area contributed by atoms with Gasteiger partial charge in [-0.2, -0.15) is 0 Å². The van der Waals surface area contributed by atoms with Gasteiger partial charge in [-0.15, -0.1) is 0 Å². The van der Waals surface area contributed by atoms with Crippen LogP contribution in [0.25, 0.3) is 10.9 Å². The van der Waals surface area contributed by atoms with Gasteiger partial charge in [-0.05, 0) is 71.7 Å². The summed E-state index contributed by atoms with van der Waals surface area (Å²) in [5.41, 5.74) is 0.124. The molecule has 38 heavy (non-hydrogen) atoms.